The first kappa shape index (κ1) is 21.3. The molecule has 0 aliphatic heterocycles. The van der Waals surface area contributed by atoms with Crippen LogP contribution < -0.4 is 11.1 Å². The van der Waals surface area contributed by atoms with Gasteiger partial charge in [0.2, 0.25) is 5.95 Å². The number of nitrogens with zero attached hydrogens (tertiary/aromatic N) is 6. The van der Waals surface area contributed by atoms with E-state index in [1.165, 1.54) is 13.3 Å². The summed E-state index contributed by atoms with van der Waals surface area (Å²) in [6.45, 7) is 1.43. The molecule has 4 aromatic rings. The van der Waals surface area contributed by atoms with Crippen molar-refractivity contribution in [2.45, 2.75) is 19.0 Å². The number of anilines is 3. The zero-order valence-corrected chi connectivity index (χ0v) is 16.6. The predicted octanol–water partition coefficient (Wildman–Crippen LogP) is 3.93. The Labute approximate surface area is 177 Å². The van der Waals surface area contributed by atoms with Gasteiger partial charge in [-0.1, -0.05) is 6.92 Å². The van der Waals surface area contributed by atoms with Crippen LogP contribution in [0.1, 0.15) is 29.8 Å². The zero-order chi connectivity index (χ0) is 23.2. The summed E-state index contributed by atoms with van der Waals surface area (Å²) in [7, 11) is 1.72. The first-order valence-electron chi connectivity index (χ1n) is 9.14. The fourth-order valence-corrected chi connectivity index (χ4v) is 3.25. The molecule has 4 heterocycles. The molecule has 32 heavy (non-hydrogen) atoms. The van der Waals surface area contributed by atoms with Crippen LogP contribution in [0.15, 0.2) is 30.9 Å². The Morgan fingerprint density at radius 1 is 1.09 bits per heavy atom. The number of halogens is 5. The maximum Gasteiger partial charge on any atom is 0.433 e. The second-order valence-corrected chi connectivity index (χ2v) is 7.02. The second kappa shape index (κ2) is 7.66. The Balaban J connectivity index is 1.99. The van der Waals surface area contributed by atoms with E-state index in [-0.39, 0.29) is 34.1 Å². The highest BCUT2D eigenvalue weighted by molar-refractivity contribution is 5.93. The molecular formula is C19H15F5N8. The fourth-order valence-electron chi connectivity index (χ4n) is 3.25. The highest BCUT2D eigenvalue weighted by Gasteiger charge is 2.35. The number of nitrogen functional groups attached to an aromatic ring is 1. The van der Waals surface area contributed by atoms with Gasteiger partial charge >= 0.3 is 6.18 Å². The topological polar surface area (TPSA) is 107 Å². The molecule has 0 aliphatic carbocycles. The lowest BCUT2D eigenvalue weighted by Gasteiger charge is -2.19. The number of hydrogen-bond acceptors (Lipinski definition) is 7. The first-order chi connectivity index (χ1) is 15.0. The molecular weight excluding hydrogens is 435 g/mol. The summed E-state index contributed by atoms with van der Waals surface area (Å²) in [5.74, 6) is -2.94. The standard InChI is InChI=1S/C19H15F5N8/c1-8(15-11(21)3-9(20)5-26-15)10-4-12(19(22,23)24)28-16-14(10)17(31-18(25)30-16)29-13-6-32(2)7-27-13/h3-8H,1-2H3,(H3,25,28,29,30,31)/t8-/m1/s1. The van der Waals surface area contributed by atoms with Crippen LogP contribution in [0.3, 0.4) is 0 Å². The van der Waals surface area contributed by atoms with Crippen LogP contribution in [0.4, 0.5) is 39.5 Å². The van der Waals surface area contributed by atoms with Crippen molar-refractivity contribution in [3.63, 3.8) is 0 Å². The number of alkyl halides is 3. The molecule has 0 fully saturated rings. The maximum absolute atomic E-state index is 14.4. The number of aryl methyl sites for hydroxylation is 1. The number of pyridine rings is 2. The van der Waals surface area contributed by atoms with Crippen LogP contribution in [-0.2, 0) is 13.2 Å². The van der Waals surface area contributed by atoms with Gasteiger partial charge in [-0.05, 0) is 11.6 Å². The fraction of sp³-hybridized carbons (Fsp3) is 0.211. The highest BCUT2D eigenvalue weighted by Crippen LogP contribution is 2.38. The van der Waals surface area contributed by atoms with E-state index in [0.29, 0.717) is 11.9 Å². The molecule has 0 saturated carbocycles. The Hall–Kier alpha value is -3.90. The molecule has 8 nitrogen and oxygen atoms in total. The number of hydrogen-bond donors (Lipinski definition) is 2. The highest BCUT2D eigenvalue weighted by atomic mass is 19.4. The van der Waals surface area contributed by atoms with Crippen molar-refractivity contribution in [2.75, 3.05) is 11.1 Å². The van der Waals surface area contributed by atoms with Crippen molar-refractivity contribution in [1.82, 2.24) is 29.5 Å². The smallest absolute Gasteiger partial charge is 0.368 e. The van der Waals surface area contributed by atoms with Crippen molar-refractivity contribution in [3.05, 3.63) is 59.4 Å². The third kappa shape index (κ3) is 4.00. The van der Waals surface area contributed by atoms with Gasteiger partial charge in [0, 0.05) is 25.2 Å². The average molecular weight is 450 g/mol. The Morgan fingerprint density at radius 3 is 2.47 bits per heavy atom. The molecule has 0 bridgehead atoms. The van der Waals surface area contributed by atoms with Crippen LogP contribution in [0, 0.1) is 11.6 Å². The molecule has 0 radical (unpaired) electrons. The van der Waals surface area contributed by atoms with Crippen LogP contribution in [0.5, 0.6) is 0 Å². The largest absolute Gasteiger partial charge is 0.433 e. The summed E-state index contributed by atoms with van der Waals surface area (Å²) >= 11 is 0. The SMILES string of the molecule is C[C@@H](c1ncc(F)cc1F)c1cc(C(F)(F)F)nc2nc(N)nc(Nc3cn(C)cn3)c12. The zero-order valence-electron chi connectivity index (χ0n) is 16.6. The summed E-state index contributed by atoms with van der Waals surface area (Å²) in [5.41, 5.74) is 3.81. The number of nitrogens with two attached hydrogens (primary N) is 1. The first-order valence-corrected chi connectivity index (χ1v) is 9.14. The van der Waals surface area contributed by atoms with Crippen molar-refractivity contribution in [1.29, 1.82) is 0 Å². The van der Waals surface area contributed by atoms with Gasteiger partial charge < -0.3 is 15.6 Å². The quantitative estimate of drug-likeness (QED) is 0.454. The Morgan fingerprint density at radius 2 is 1.84 bits per heavy atom. The molecule has 4 aromatic heterocycles. The van der Waals surface area contributed by atoms with E-state index in [1.807, 2.05) is 0 Å². The molecule has 0 saturated heterocycles. The lowest BCUT2D eigenvalue weighted by molar-refractivity contribution is -0.141. The minimum absolute atomic E-state index is 0.0248. The molecule has 3 N–H and O–H groups in total. The van der Waals surface area contributed by atoms with Crippen LogP contribution in [0.25, 0.3) is 11.0 Å². The van der Waals surface area contributed by atoms with Gasteiger partial charge in [0.1, 0.15) is 29.0 Å². The summed E-state index contributed by atoms with van der Waals surface area (Å²) in [5, 5.41) is 2.94. The van der Waals surface area contributed by atoms with Gasteiger partial charge in [-0.2, -0.15) is 23.1 Å². The van der Waals surface area contributed by atoms with Crippen LogP contribution in [-0.4, -0.2) is 29.5 Å². The third-order valence-corrected chi connectivity index (χ3v) is 4.67. The lowest BCUT2D eigenvalue weighted by atomic mass is 9.93. The molecule has 0 spiro atoms. The van der Waals surface area contributed by atoms with Crippen molar-refractivity contribution >= 4 is 28.6 Å². The molecule has 0 aromatic carbocycles. The average Bonchev–Trinajstić information content (AvgIpc) is 3.10. The summed E-state index contributed by atoms with van der Waals surface area (Å²) < 4.78 is 70.0. The monoisotopic (exact) mass is 450 g/mol. The van der Waals surface area contributed by atoms with Gasteiger partial charge in [0.25, 0.3) is 0 Å². The maximum atomic E-state index is 14.4. The van der Waals surface area contributed by atoms with Crippen molar-refractivity contribution in [3.8, 4) is 0 Å². The minimum atomic E-state index is -4.81. The van der Waals surface area contributed by atoms with E-state index in [9.17, 15) is 22.0 Å². The predicted molar refractivity (Wildman–Crippen MR) is 105 cm³/mol. The van der Waals surface area contributed by atoms with Gasteiger partial charge in [-0.25, -0.2) is 18.7 Å². The number of nitrogens with one attached hydrogen (secondary N) is 1. The Bertz CT molecular complexity index is 1320. The minimum Gasteiger partial charge on any atom is -0.368 e. The number of imidazole rings is 1. The van der Waals surface area contributed by atoms with Gasteiger partial charge in [-0.3, -0.25) is 4.98 Å². The molecule has 4 rings (SSSR count). The van der Waals surface area contributed by atoms with E-state index in [1.54, 1.807) is 17.8 Å². The van der Waals surface area contributed by atoms with Gasteiger partial charge in [0.15, 0.2) is 5.65 Å². The molecule has 0 amide bonds. The lowest BCUT2D eigenvalue weighted by Crippen LogP contribution is -2.14. The van der Waals surface area contributed by atoms with Crippen molar-refractivity contribution < 1.29 is 22.0 Å². The molecule has 166 valence electrons. The van der Waals surface area contributed by atoms with E-state index in [2.05, 4.69) is 30.2 Å². The summed E-state index contributed by atoms with van der Waals surface area (Å²) in [4.78, 5) is 19.4. The summed E-state index contributed by atoms with van der Waals surface area (Å²) in [6, 6.07) is 1.37. The van der Waals surface area contributed by atoms with Gasteiger partial charge in [-0.15, -0.1) is 0 Å². The van der Waals surface area contributed by atoms with Crippen molar-refractivity contribution in [2.24, 2.45) is 7.05 Å². The summed E-state index contributed by atoms with van der Waals surface area (Å²) in [6.07, 6.45) is -0.932. The second-order valence-electron chi connectivity index (χ2n) is 7.02. The number of fused-ring (bicyclic) bond motifs is 1. The Kier molecular flexibility index (Phi) is 5.11. The number of rotatable bonds is 4. The molecule has 0 unspecified atom stereocenters. The molecule has 0 aliphatic rings. The van der Waals surface area contributed by atoms with E-state index < -0.39 is 29.4 Å². The number of aromatic nitrogens is 6. The third-order valence-electron chi connectivity index (χ3n) is 4.67. The molecule has 1 atom stereocenters. The van der Waals surface area contributed by atoms with Crippen LogP contribution in [0.2, 0.25) is 0 Å². The van der Waals surface area contributed by atoms with E-state index in [0.717, 1.165) is 12.3 Å². The van der Waals surface area contributed by atoms with Gasteiger partial charge in [0.05, 0.1) is 23.6 Å². The normalized spacial score (nSPS) is 12.8. The van der Waals surface area contributed by atoms with Crippen LogP contribution >= 0.6 is 0 Å². The van der Waals surface area contributed by atoms with E-state index >= 15 is 0 Å². The van der Waals surface area contributed by atoms with E-state index in [4.69, 9.17) is 5.73 Å². The molecule has 13 heteroatoms.